The first-order chi connectivity index (χ1) is 11.5. The van der Waals surface area contributed by atoms with Gasteiger partial charge in [-0.2, -0.15) is 0 Å². The van der Waals surface area contributed by atoms with E-state index in [0.717, 1.165) is 0 Å². The number of ketones is 1. The Balaban J connectivity index is 1.86. The standard InChI is InChI=1S/C15H16N4O3S2/c1-3-12(21)17-14-18-19-15(24-14)23-8-13(22)16-11-6-4-5-10(7-11)9(2)20/h4-7H,3,8H2,1-2H3,(H,16,22)(H,17,18,21). The van der Waals surface area contributed by atoms with Gasteiger partial charge in [0.2, 0.25) is 16.9 Å². The lowest BCUT2D eigenvalue weighted by Gasteiger charge is -2.05. The van der Waals surface area contributed by atoms with Gasteiger partial charge in [-0.05, 0) is 19.1 Å². The number of nitrogens with zero attached hydrogens (tertiary/aromatic N) is 2. The number of aromatic nitrogens is 2. The van der Waals surface area contributed by atoms with Crippen LogP contribution in [-0.2, 0) is 9.59 Å². The highest BCUT2D eigenvalue weighted by Gasteiger charge is 2.10. The number of hydrogen-bond donors (Lipinski definition) is 2. The lowest BCUT2D eigenvalue weighted by Crippen LogP contribution is -2.14. The van der Waals surface area contributed by atoms with Gasteiger partial charge in [-0.25, -0.2) is 0 Å². The van der Waals surface area contributed by atoms with Crippen LogP contribution in [0.2, 0.25) is 0 Å². The zero-order chi connectivity index (χ0) is 17.5. The van der Waals surface area contributed by atoms with Crippen molar-refractivity contribution in [3.05, 3.63) is 29.8 Å². The molecule has 0 aliphatic carbocycles. The number of benzene rings is 1. The fourth-order valence-corrected chi connectivity index (χ4v) is 3.23. The summed E-state index contributed by atoms with van der Waals surface area (Å²) in [5, 5.41) is 13.5. The molecular weight excluding hydrogens is 348 g/mol. The Bertz CT molecular complexity index is 761. The van der Waals surface area contributed by atoms with Crippen molar-refractivity contribution in [2.75, 3.05) is 16.4 Å². The zero-order valence-corrected chi connectivity index (χ0v) is 14.8. The molecule has 0 unspecified atom stereocenters. The number of carbonyl (C=O) groups excluding carboxylic acids is 3. The van der Waals surface area contributed by atoms with Crippen molar-refractivity contribution < 1.29 is 14.4 Å². The number of carbonyl (C=O) groups is 3. The lowest BCUT2D eigenvalue weighted by atomic mass is 10.1. The molecule has 1 aromatic heterocycles. The maximum Gasteiger partial charge on any atom is 0.234 e. The number of nitrogens with one attached hydrogen (secondary N) is 2. The molecule has 0 atom stereocenters. The number of rotatable bonds is 7. The van der Waals surface area contributed by atoms with Crippen LogP contribution in [0, 0.1) is 0 Å². The van der Waals surface area contributed by atoms with Gasteiger partial charge in [0.05, 0.1) is 5.75 Å². The van der Waals surface area contributed by atoms with E-state index in [2.05, 4.69) is 20.8 Å². The second-order valence-corrected chi connectivity index (χ2v) is 6.95. The van der Waals surface area contributed by atoms with Gasteiger partial charge in [-0.1, -0.05) is 42.2 Å². The Labute approximate surface area is 147 Å². The third kappa shape index (κ3) is 5.43. The summed E-state index contributed by atoms with van der Waals surface area (Å²) in [6.07, 6.45) is 0.365. The van der Waals surface area contributed by atoms with Crippen LogP contribution in [0.4, 0.5) is 10.8 Å². The molecule has 126 valence electrons. The highest BCUT2D eigenvalue weighted by Crippen LogP contribution is 2.25. The van der Waals surface area contributed by atoms with Gasteiger partial charge in [-0.15, -0.1) is 10.2 Å². The molecule has 0 saturated heterocycles. The molecule has 24 heavy (non-hydrogen) atoms. The van der Waals surface area contributed by atoms with Gasteiger partial charge in [0.25, 0.3) is 0 Å². The zero-order valence-electron chi connectivity index (χ0n) is 13.2. The van der Waals surface area contributed by atoms with Crippen molar-refractivity contribution >= 4 is 51.5 Å². The first kappa shape index (κ1) is 18.1. The van der Waals surface area contributed by atoms with E-state index in [4.69, 9.17) is 0 Å². The van der Waals surface area contributed by atoms with Gasteiger partial charge < -0.3 is 10.6 Å². The molecule has 0 bridgehead atoms. The predicted molar refractivity (Wildman–Crippen MR) is 94.6 cm³/mol. The fraction of sp³-hybridized carbons (Fsp3) is 0.267. The van der Waals surface area contributed by atoms with Crippen LogP contribution in [-0.4, -0.2) is 33.5 Å². The van der Waals surface area contributed by atoms with Crippen molar-refractivity contribution in [1.82, 2.24) is 10.2 Å². The lowest BCUT2D eigenvalue weighted by molar-refractivity contribution is -0.116. The minimum absolute atomic E-state index is 0.0593. The Morgan fingerprint density at radius 3 is 2.67 bits per heavy atom. The first-order valence-corrected chi connectivity index (χ1v) is 8.95. The largest absolute Gasteiger partial charge is 0.325 e. The summed E-state index contributed by atoms with van der Waals surface area (Å²) in [6.45, 7) is 3.22. The predicted octanol–water partition coefficient (Wildman–Crippen LogP) is 2.82. The molecule has 0 fully saturated rings. The van der Waals surface area contributed by atoms with Crippen molar-refractivity contribution in [2.45, 2.75) is 24.6 Å². The number of hydrogen-bond acceptors (Lipinski definition) is 7. The number of thioether (sulfide) groups is 1. The quantitative estimate of drug-likeness (QED) is 0.445. The Morgan fingerprint density at radius 1 is 1.17 bits per heavy atom. The van der Waals surface area contributed by atoms with Gasteiger partial charge >= 0.3 is 0 Å². The Hall–Kier alpha value is -2.26. The number of amides is 2. The number of anilines is 2. The third-order valence-corrected chi connectivity index (χ3v) is 4.83. The van der Waals surface area contributed by atoms with Crippen LogP contribution in [0.5, 0.6) is 0 Å². The van der Waals surface area contributed by atoms with Crippen LogP contribution in [0.1, 0.15) is 30.6 Å². The van der Waals surface area contributed by atoms with E-state index < -0.39 is 0 Å². The molecule has 1 aromatic carbocycles. The van der Waals surface area contributed by atoms with Crippen LogP contribution in [0.25, 0.3) is 0 Å². The Kier molecular flexibility index (Phi) is 6.44. The molecule has 7 nitrogen and oxygen atoms in total. The van der Waals surface area contributed by atoms with E-state index in [1.807, 2.05) is 0 Å². The summed E-state index contributed by atoms with van der Waals surface area (Å²) in [5.41, 5.74) is 1.11. The van der Waals surface area contributed by atoms with E-state index in [1.165, 1.54) is 30.0 Å². The normalized spacial score (nSPS) is 10.2. The summed E-state index contributed by atoms with van der Waals surface area (Å²) in [7, 11) is 0. The van der Waals surface area contributed by atoms with Crippen LogP contribution in [0.3, 0.4) is 0 Å². The third-order valence-electron chi connectivity index (χ3n) is 2.85. The van der Waals surface area contributed by atoms with Gasteiger partial charge in [0.1, 0.15) is 0 Å². The molecule has 0 radical (unpaired) electrons. The molecule has 2 amide bonds. The average molecular weight is 364 g/mol. The van der Waals surface area contributed by atoms with Gasteiger partial charge in [0.15, 0.2) is 10.1 Å². The highest BCUT2D eigenvalue weighted by molar-refractivity contribution is 8.01. The first-order valence-electron chi connectivity index (χ1n) is 7.15. The molecule has 0 saturated carbocycles. The van der Waals surface area contributed by atoms with E-state index in [9.17, 15) is 14.4 Å². The average Bonchev–Trinajstić information content (AvgIpc) is 3.00. The van der Waals surface area contributed by atoms with Crippen LogP contribution in [0.15, 0.2) is 28.6 Å². The highest BCUT2D eigenvalue weighted by atomic mass is 32.2. The maximum atomic E-state index is 12.0. The summed E-state index contributed by atoms with van der Waals surface area (Å²) < 4.78 is 0.592. The van der Waals surface area contributed by atoms with Gasteiger partial charge in [0, 0.05) is 17.7 Å². The van der Waals surface area contributed by atoms with Crippen LogP contribution >= 0.6 is 23.1 Å². The van der Waals surface area contributed by atoms with E-state index >= 15 is 0 Å². The molecule has 2 N–H and O–H groups in total. The monoisotopic (exact) mass is 364 g/mol. The van der Waals surface area contributed by atoms with Crippen LogP contribution < -0.4 is 10.6 Å². The summed E-state index contributed by atoms with van der Waals surface area (Å²) >= 11 is 2.44. The fourth-order valence-electron chi connectivity index (χ4n) is 1.67. The SMILES string of the molecule is CCC(=O)Nc1nnc(SCC(=O)Nc2cccc(C(C)=O)c2)s1. The van der Waals surface area contributed by atoms with E-state index in [1.54, 1.807) is 31.2 Å². The second kappa shape index (κ2) is 8.55. The Morgan fingerprint density at radius 2 is 1.96 bits per heavy atom. The molecule has 2 aromatic rings. The second-order valence-electron chi connectivity index (χ2n) is 4.75. The van der Waals surface area contributed by atoms with E-state index in [-0.39, 0.29) is 23.4 Å². The summed E-state index contributed by atoms with van der Waals surface area (Å²) in [5.74, 6) is -0.252. The summed E-state index contributed by atoms with van der Waals surface area (Å²) in [6, 6.07) is 6.76. The molecule has 2 rings (SSSR count). The van der Waals surface area contributed by atoms with E-state index in [0.29, 0.717) is 27.1 Å². The van der Waals surface area contributed by atoms with Gasteiger partial charge in [-0.3, -0.25) is 14.4 Å². The van der Waals surface area contributed by atoms with Crippen molar-refractivity contribution in [3.63, 3.8) is 0 Å². The molecule has 1 heterocycles. The van der Waals surface area contributed by atoms with Crippen molar-refractivity contribution in [2.24, 2.45) is 0 Å². The molecule has 0 aliphatic heterocycles. The molecule has 0 aliphatic rings. The minimum Gasteiger partial charge on any atom is -0.325 e. The maximum absolute atomic E-state index is 12.0. The smallest absolute Gasteiger partial charge is 0.234 e. The summed E-state index contributed by atoms with van der Waals surface area (Å²) in [4.78, 5) is 34.6. The number of Topliss-reactive ketones (excluding diaryl/α,β-unsaturated/α-hetero) is 1. The topological polar surface area (TPSA) is 101 Å². The van der Waals surface area contributed by atoms with Crippen molar-refractivity contribution in [3.8, 4) is 0 Å². The minimum atomic E-state index is -0.213. The van der Waals surface area contributed by atoms with Crippen molar-refractivity contribution in [1.29, 1.82) is 0 Å². The molecular formula is C15H16N4O3S2. The molecule has 0 spiro atoms. The molecule has 9 heteroatoms.